The number of esters is 1. The maximum atomic E-state index is 12.7. The Bertz CT molecular complexity index is 554. The summed E-state index contributed by atoms with van der Waals surface area (Å²) in [4.78, 5) is 24.2. The zero-order chi connectivity index (χ0) is 25.0. The first kappa shape index (κ1) is 30.7. The van der Waals surface area contributed by atoms with Gasteiger partial charge in [0.15, 0.2) is 0 Å². The van der Waals surface area contributed by atoms with Gasteiger partial charge in [-0.15, -0.1) is 0 Å². The average molecular weight is 479 g/mol. The Balaban J connectivity index is 2.12. The summed E-state index contributed by atoms with van der Waals surface area (Å²) in [5.41, 5.74) is 0. The Morgan fingerprint density at radius 3 is 1.65 bits per heavy atom. The average Bonchev–Trinajstić information content (AvgIpc) is 2.82. The molecule has 3 unspecified atom stereocenters. The summed E-state index contributed by atoms with van der Waals surface area (Å²) >= 11 is 0. The Morgan fingerprint density at radius 2 is 1.18 bits per heavy atom. The number of unbranched alkanes of at least 4 members (excludes halogenated alkanes) is 12. The first-order valence-corrected chi connectivity index (χ1v) is 14.5. The molecule has 4 heteroatoms. The Labute approximate surface area is 210 Å². The summed E-state index contributed by atoms with van der Waals surface area (Å²) in [7, 11) is 0. The highest BCUT2D eigenvalue weighted by Crippen LogP contribution is 2.28. The Hall–Kier alpha value is -1.32. The summed E-state index contributed by atoms with van der Waals surface area (Å²) < 4.78 is 5.85. The van der Waals surface area contributed by atoms with Crippen molar-refractivity contribution in [1.82, 2.24) is 0 Å². The summed E-state index contributed by atoms with van der Waals surface area (Å²) in [6.45, 7) is 6.78. The molecule has 0 saturated heterocycles. The van der Waals surface area contributed by atoms with Gasteiger partial charge in [0.1, 0.15) is 6.10 Å². The topological polar surface area (TPSA) is 63.6 Å². The molecule has 0 aromatic heterocycles. The molecular weight excluding hydrogens is 424 g/mol. The van der Waals surface area contributed by atoms with E-state index >= 15 is 0 Å². The molecule has 1 rings (SSSR count). The predicted octanol–water partition coefficient (Wildman–Crippen LogP) is 8.87. The molecular formula is C30H54O4. The number of rotatable bonds is 21. The van der Waals surface area contributed by atoms with E-state index in [2.05, 4.69) is 20.8 Å². The van der Waals surface area contributed by atoms with E-state index in [0.29, 0.717) is 12.8 Å². The minimum Gasteiger partial charge on any atom is -0.481 e. The van der Waals surface area contributed by atoms with Crippen LogP contribution >= 0.6 is 0 Å². The number of carbonyl (C=O) groups is 2. The lowest BCUT2D eigenvalue weighted by atomic mass is 9.83. The number of allylic oxidation sites excluding steroid dienone is 2. The Morgan fingerprint density at radius 1 is 0.735 bits per heavy atom. The van der Waals surface area contributed by atoms with Crippen molar-refractivity contribution in [3.05, 3.63) is 12.2 Å². The van der Waals surface area contributed by atoms with E-state index < -0.39 is 17.8 Å². The fourth-order valence-electron chi connectivity index (χ4n) is 4.99. The van der Waals surface area contributed by atoms with Gasteiger partial charge in [-0.1, -0.05) is 123 Å². The maximum Gasteiger partial charge on any atom is 0.310 e. The summed E-state index contributed by atoms with van der Waals surface area (Å²) in [6.07, 6.45) is 25.9. The molecule has 3 atom stereocenters. The van der Waals surface area contributed by atoms with Gasteiger partial charge in [0, 0.05) is 0 Å². The number of ether oxygens (including phenoxy) is 1. The van der Waals surface area contributed by atoms with Crippen molar-refractivity contribution in [2.24, 2.45) is 17.8 Å². The van der Waals surface area contributed by atoms with E-state index in [-0.39, 0.29) is 12.1 Å². The van der Waals surface area contributed by atoms with E-state index in [0.717, 1.165) is 38.0 Å². The number of aliphatic carboxylic acids is 1. The van der Waals surface area contributed by atoms with Crippen LogP contribution in [0.3, 0.4) is 0 Å². The van der Waals surface area contributed by atoms with Crippen LogP contribution in [-0.4, -0.2) is 23.1 Å². The molecule has 0 fully saturated rings. The molecule has 1 aliphatic carbocycles. The predicted molar refractivity (Wildman–Crippen MR) is 142 cm³/mol. The van der Waals surface area contributed by atoms with Crippen molar-refractivity contribution in [3.8, 4) is 0 Å². The van der Waals surface area contributed by atoms with E-state index in [1.165, 1.54) is 77.0 Å². The molecule has 0 bridgehead atoms. The van der Waals surface area contributed by atoms with Gasteiger partial charge in [0.2, 0.25) is 0 Å². The van der Waals surface area contributed by atoms with Crippen LogP contribution in [-0.2, 0) is 14.3 Å². The number of carboxylic acid groups (broad SMARTS) is 1. The minimum atomic E-state index is -0.891. The zero-order valence-electron chi connectivity index (χ0n) is 22.6. The van der Waals surface area contributed by atoms with E-state index in [1.807, 2.05) is 12.2 Å². The molecule has 4 nitrogen and oxygen atoms in total. The van der Waals surface area contributed by atoms with Crippen molar-refractivity contribution < 1.29 is 19.4 Å². The van der Waals surface area contributed by atoms with Crippen LogP contribution in [0.25, 0.3) is 0 Å². The number of hydrogen-bond donors (Lipinski definition) is 1. The van der Waals surface area contributed by atoms with Crippen LogP contribution in [0.2, 0.25) is 0 Å². The van der Waals surface area contributed by atoms with Gasteiger partial charge >= 0.3 is 11.9 Å². The van der Waals surface area contributed by atoms with E-state index in [9.17, 15) is 14.7 Å². The molecule has 1 N–H and O–H groups in total. The second kappa shape index (κ2) is 19.9. The van der Waals surface area contributed by atoms with Gasteiger partial charge in [-0.2, -0.15) is 0 Å². The molecule has 198 valence electrons. The van der Waals surface area contributed by atoms with Gasteiger partial charge in [-0.3, -0.25) is 9.59 Å². The highest BCUT2D eigenvalue weighted by molar-refractivity contribution is 5.81. The quantitative estimate of drug-likeness (QED) is 0.102. The van der Waals surface area contributed by atoms with E-state index in [4.69, 9.17) is 4.74 Å². The molecule has 0 amide bonds. The number of hydrogen-bond acceptors (Lipinski definition) is 3. The number of carbonyl (C=O) groups excluding carboxylic acids is 1. The Kier molecular flexibility index (Phi) is 18.0. The largest absolute Gasteiger partial charge is 0.481 e. The third-order valence-corrected chi connectivity index (χ3v) is 7.27. The maximum absolute atomic E-state index is 12.7. The van der Waals surface area contributed by atoms with Crippen molar-refractivity contribution in [1.29, 1.82) is 0 Å². The molecule has 0 aromatic carbocycles. The first-order chi connectivity index (χ1) is 16.5. The second-order valence-corrected chi connectivity index (χ2v) is 10.9. The van der Waals surface area contributed by atoms with Crippen LogP contribution in [0.15, 0.2) is 12.2 Å². The van der Waals surface area contributed by atoms with Gasteiger partial charge in [0.05, 0.1) is 11.8 Å². The minimum absolute atomic E-state index is 0.0617. The third-order valence-electron chi connectivity index (χ3n) is 7.27. The van der Waals surface area contributed by atoms with Gasteiger partial charge < -0.3 is 9.84 Å². The van der Waals surface area contributed by atoms with Gasteiger partial charge in [-0.25, -0.2) is 0 Å². The lowest BCUT2D eigenvalue weighted by Gasteiger charge is -2.26. The van der Waals surface area contributed by atoms with Crippen LogP contribution in [0.1, 0.15) is 143 Å². The number of carboxylic acids is 1. The van der Waals surface area contributed by atoms with Crippen LogP contribution in [0.5, 0.6) is 0 Å². The standard InChI is InChI=1S/C30H54O4/c1-4-5-21-26(34-30(33)28-24-19-18-23-27(28)29(31)32)22-17-15-13-11-9-7-6-8-10-12-14-16-20-25(2)3/h18-19,25-28H,4-17,20-24H2,1-3H3,(H,31,32). The lowest BCUT2D eigenvalue weighted by Crippen LogP contribution is -2.34. The fraction of sp³-hybridized carbons (Fsp3) is 0.867. The molecule has 0 heterocycles. The summed E-state index contributed by atoms with van der Waals surface area (Å²) in [6, 6.07) is 0. The molecule has 0 aromatic rings. The highest BCUT2D eigenvalue weighted by Gasteiger charge is 2.36. The molecule has 0 saturated carbocycles. The van der Waals surface area contributed by atoms with E-state index in [1.54, 1.807) is 0 Å². The van der Waals surface area contributed by atoms with Crippen LogP contribution < -0.4 is 0 Å². The SMILES string of the molecule is CCCCC(CCCCCCCCCCCCCCC(C)C)OC(=O)C1CC=CCC1C(=O)O. The molecule has 0 spiro atoms. The van der Waals surface area contributed by atoms with Crippen LogP contribution in [0, 0.1) is 17.8 Å². The van der Waals surface area contributed by atoms with Gasteiger partial charge in [0.25, 0.3) is 0 Å². The van der Waals surface area contributed by atoms with Crippen molar-refractivity contribution >= 4 is 11.9 Å². The molecule has 34 heavy (non-hydrogen) atoms. The summed E-state index contributed by atoms with van der Waals surface area (Å²) in [5.74, 6) is -1.53. The highest BCUT2D eigenvalue weighted by atomic mass is 16.5. The molecule has 0 aliphatic heterocycles. The molecule has 0 radical (unpaired) electrons. The van der Waals surface area contributed by atoms with Crippen LogP contribution in [0.4, 0.5) is 0 Å². The van der Waals surface area contributed by atoms with Crippen molar-refractivity contribution in [2.45, 2.75) is 149 Å². The fourth-order valence-corrected chi connectivity index (χ4v) is 4.99. The zero-order valence-corrected chi connectivity index (χ0v) is 22.6. The van der Waals surface area contributed by atoms with Gasteiger partial charge in [-0.05, 0) is 38.0 Å². The monoisotopic (exact) mass is 478 g/mol. The smallest absolute Gasteiger partial charge is 0.310 e. The van der Waals surface area contributed by atoms with Crippen molar-refractivity contribution in [2.75, 3.05) is 0 Å². The van der Waals surface area contributed by atoms with Crippen molar-refractivity contribution in [3.63, 3.8) is 0 Å². The first-order valence-electron chi connectivity index (χ1n) is 14.5. The lowest BCUT2D eigenvalue weighted by molar-refractivity contribution is -0.162. The second-order valence-electron chi connectivity index (χ2n) is 10.9. The third kappa shape index (κ3) is 14.8. The normalized spacial score (nSPS) is 18.8. The summed E-state index contributed by atoms with van der Waals surface area (Å²) in [5, 5.41) is 9.44. The molecule has 1 aliphatic rings.